The monoisotopic (exact) mass is 393 g/mol. The maximum absolute atomic E-state index is 4.60. The lowest BCUT2D eigenvalue weighted by Crippen LogP contribution is -1.81. The van der Waals surface area contributed by atoms with E-state index in [0.29, 0.717) is 0 Å². The average Bonchev–Trinajstić information content (AvgIpc) is 3.52. The first-order chi connectivity index (χ1) is 14.4. The van der Waals surface area contributed by atoms with Crippen molar-refractivity contribution in [2.45, 2.75) is 0 Å². The van der Waals surface area contributed by atoms with Gasteiger partial charge in [-0.2, -0.15) is 5.10 Å². The van der Waals surface area contributed by atoms with Crippen LogP contribution in [0.5, 0.6) is 0 Å². The van der Waals surface area contributed by atoms with Gasteiger partial charge >= 0.3 is 0 Å². The molecule has 6 rings (SSSR count). The summed E-state index contributed by atoms with van der Waals surface area (Å²) in [6, 6.07) is 16.7. The van der Waals surface area contributed by atoms with Crippen LogP contribution in [0, 0.1) is 0 Å². The van der Waals surface area contributed by atoms with Gasteiger partial charge in [0.25, 0.3) is 0 Å². The number of hydrogen-bond acceptors (Lipinski definition) is 4. The third-order valence-corrected chi connectivity index (χ3v) is 6.05. The smallest absolute Gasteiger partial charge is 0.116 e. The molecule has 5 aromatic heterocycles. The molecule has 29 heavy (non-hydrogen) atoms. The van der Waals surface area contributed by atoms with E-state index in [9.17, 15) is 0 Å². The molecule has 5 heterocycles. The molecule has 0 radical (unpaired) electrons. The van der Waals surface area contributed by atoms with Crippen LogP contribution >= 0.6 is 11.3 Å². The molecule has 0 unspecified atom stereocenters. The Morgan fingerprint density at radius 3 is 2.66 bits per heavy atom. The first kappa shape index (κ1) is 16.2. The minimum absolute atomic E-state index is 0.902. The van der Waals surface area contributed by atoms with E-state index < -0.39 is 0 Å². The van der Waals surface area contributed by atoms with E-state index >= 15 is 0 Å². The topological polar surface area (TPSA) is 70.2 Å². The number of nitrogens with zero attached hydrogens (tertiary/aromatic N) is 3. The zero-order chi connectivity index (χ0) is 19.2. The van der Waals surface area contributed by atoms with Crippen LogP contribution in [0.3, 0.4) is 0 Å². The minimum Gasteiger partial charge on any atom is -0.352 e. The summed E-state index contributed by atoms with van der Waals surface area (Å²) in [4.78, 5) is 13.4. The van der Waals surface area contributed by atoms with E-state index in [-0.39, 0.29) is 0 Å². The zero-order valence-corrected chi connectivity index (χ0v) is 16.1. The molecule has 0 aliphatic heterocycles. The largest absolute Gasteiger partial charge is 0.352 e. The normalized spacial score (nSPS) is 11.4. The summed E-state index contributed by atoms with van der Waals surface area (Å²) in [5.74, 6) is 0. The summed E-state index contributed by atoms with van der Waals surface area (Å²) < 4.78 is 0. The van der Waals surface area contributed by atoms with Crippen molar-refractivity contribution in [2.75, 3.05) is 0 Å². The second-order valence-electron chi connectivity index (χ2n) is 6.88. The molecule has 6 heteroatoms. The van der Waals surface area contributed by atoms with Gasteiger partial charge in [-0.05, 0) is 41.3 Å². The van der Waals surface area contributed by atoms with Gasteiger partial charge in [-0.15, -0.1) is 11.3 Å². The van der Waals surface area contributed by atoms with Gasteiger partial charge in [0.15, 0.2) is 0 Å². The number of nitrogens with one attached hydrogen (secondary N) is 2. The van der Waals surface area contributed by atoms with Gasteiger partial charge < -0.3 is 4.98 Å². The van der Waals surface area contributed by atoms with Gasteiger partial charge in [0.2, 0.25) is 0 Å². The number of pyridine rings is 2. The Balaban J connectivity index is 1.53. The highest BCUT2D eigenvalue weighted by atomic mass is 32.1. The predicted octanol–water partition coefficient (Wildman–Crippen LogP) is 5.90. The van der Waals surface area contributed by atoms with E-state index in [1.165, 1.54) is 4.88 Å². The maximum Gasteiger partial charge on any atom is 0.116 e. The molecule has 0 saturated carbocycles. The van der Waals surface area contributed by atoms with Crippen molar-refractivity contribution in [3.05, 3.63) is 78.7 Å². The molecule has 0 saturated heterocycles. The number of aromatic amines is 2. The van der Waals surface area contributed by atoms with Crippen molar-refractivity contribution >= 4 is 33.1 Å². The standard InChI is InChI=1S/C23H15N5S/c1-3-15(11-24-7-1)14-5-6-19-17(9-14)23(28-27-19)20-10-16-18(22-4-2-8-29-22)12-25-13-21(16)26-20/h1-13,26H,(H,27,28). The number of thiophene rings is 1. The third kappa shape index (κ3) is 2.65. The van der Waals surface area contributed by atoms with Gasteiger partial charge in [0.05, 0.1) is 22.9 Å². The van der Waals surface area contributed by atoms with Gasteiger partial charge in [-0.25, -0.2) is 0 Å². The number of hydrogen-bond donors (Lipinski definition) is 2. The van der Waals surface area contributed by atoms with Crippen molar-refractivity contribution in [2.24, 2.45) is 0 Å². The van der Waals surface area contributed by atoms with Crippen LogP contribution in [-0.4, -0.2) is 25.1 Å². The number of fused-ring (bicyclic) bond motifs is 2. The van der Waals surface area contributed by atoms with E-state index in [1.807, 2.05) is 24.7 Å². The van der Waals surface area contributed by atoms with Gasteiger partial charge in [0, 0.05) is 45.4 Å². The SMILES string of the molecule is c1cncc(-c2ccc3[nH]nc(-c4cc5c(-c6cccs6)cncc5[nH]4)c3c2)c1. The molecule has 1 aromatic carbocycles. The lowest BCUT2D eigenvalue weighted by atomic mass is 10.0. The van der Waals surface area contributed by atoms with Crippen molar-refractivity contribution < 1.29 is 0 Å². The first-order valence-electron chi connectivity index (χ1n) is 9.26. The molecular formula is C23H15N5S. The fraction of sp³-hybridized carbons (Fsp3) is 0. The van der Waals surface area contributed by atoms with Crippen LogP contribution in [-0.2, 0) is 0 Å². The van der Waals surface area contributed by atoms with E-state index in [4.69, 9.17) is 0 Å². The van der Waals surface area contributed by atoms with Crippen LogP contribution in [0.25, 0.3) is 54.8 Å². The second-order valence-corrected chi connectivity index (χ2v) is 7.83. The fourth-order valence-corrected chi connectivity index (χ4v) is 4.49. The summed E-state index contributed by atoms with van der Waals surface area (Å²) >= 11 is 1.72. The fourth-order valence-electron chi connectivity index (χ4n) is 3.74. The molecule has 5 nitrogen and oxygen atoms in total. The molecule has 0 atom stereocenters. The second kappa shape index (κ2) is 6.39. The van der Waals surface area contributed by atoms with E-state index in [0.717, 1.165) is 49.9 Å². The summed E-state index contributed by atoms with van der Waals surface area (Å²) in [6.07, 6.45) is 7.46. The van der Waals surface area contributed by atoms with Gasteiger partial charge in [0.1, 0.15) is 5.69 Å². The molecule has 6 aromatic rings. The minimum atomic E-state index is 0.902. The number of rotatable bonds is 3. The predicted molar refractivity (Wildman–Crippen MR) is 118 cm³/mol. The number of H-pyrrole nitrogens is 2. The van der Waals surface area contributed by atoms with E-state index in [2.05, 4.69) is 73.0 Å². The lowest BCUT2D eigenvalue weighted by molar-refractivity contribution is 1.12. The molecule has 2 N–H and O–H groups in total. The molecule has 0 bridgehead atoms. The van der Waals surface area contributed by atoms with Crippen molar-refractivity contribution in [3.8, 4) is 33.0 Å². The third-order valence-electron chi connectivity index (χ3n) is 5.15. The Labute approximate surface area is 170 Å². The lowest BCUT2D eigenvalue weighted by Gasteiger charge is -2.01. The number of aromatic nitrogens is 5. The summed E-state index contributed by atoms with van der Waals surface area (Å²) in [5, 5.41) is 12.1. The molecular weight excluding hydrogens is 378 g/mol. The quantitative estimate of drug-likeness (QED) is 0.393. The molecule has 0 amide bonds. The zero-order valence-electron chi connectivity index (χ0n) is 15.3. The molecule has 138 valence electrons. The van der Waals surface area contributed by atoms with E-state index in [1.54, 1.807) is 17.5 Å². The Kier molecular flexibility index (Phi) is 3.57. The first-order valence-corrected chi connectivity index (χ1v) is 10.1. The van der Waals surface area contributed by atoms with Crippen molar-refractivity contribution in [1.82, 2.24) is 25.1 Å². The summed E-state index contributed by atoms with van der Waals surface area (Å²) in [5.41, 5.74) is 7.22. The Hall–Kier alpha value is -3.77. The van der Waals surface area contributed by atoms with Crippen LogP contribution in [0.2, 0.25) is 0 Å². The van der Waals surface area contributed by atoms with Gasteiger partial charge in [-0.1, -0.05) is 18.2 Å². The van der Waals surface area contributed by atoms with Crippen molar-refractivity contribution in [3.63, 3.8) is 0 Å². The van der Waals surface area contributed by atoms with Crippen LogP contribution in [0.15, 0.2) is 78.7 Å². The Bertz CT molecular complexity index is 1450. The highest BCUT2D eigenvalue weighted by Crippen LogP contribution is 2.35. The highest BCUT2D eigenvalue weighted by molar-refractivity contribution is 7.13. The highest BCUT2D eigenvalue weighted by Gasteiger charge is 2.14. The molecule has 0 spiro atoms. The molecule has 0 aliphatic rings. The van der Waals surface area contributed by atoms with Crippen LogP contribution < -0.4 is 0 Å². The van der Waals surface area contributed by atoms with Gasteiger partial charge in [-0.3, -0.25) is 15.1 Å². The maximum atomic E-state index is 4.60. The molecule has 0 aliphatic carbocycles. The van der Waals surface area contributed by atoms with Crippen molar-refractivity contribution in [1.29, 1.82) is 0 Å². The molecule has 0 fully saturated rings. The van der Waals surface area contributed by atoms with Crippen LogP contribution in [0.4, 0.5) is 0 Å². The Morgan fingerprint density at radius 1 is 0.793 bits per heavy atom. The summed E-state index contributed by atoms with van der Waals surface area (Å²) in [6.45, 7) is 0. The van der Waals surface area contributed by atoms with Crippen LogP contribution in [0.1, 0.15) is 0 Å². The average molecular weight is 393 g/mol. The summed E-state index contributed by atoms with van der Waals surface area (Å²) in [7, 11) is 0. The Morgan fingerprint density at radius 2 is 1.79 bits per heavy atom. The number of benzene rings is 1.